The minimum atomic E-state index is -4.74. The Kier molecular flexibility index (Phi) is 4.08. The molecule has 2 aromatic rings. The number of amides is 1. The third-order valence-corrected chi connectivity index (χ3v) is 5.04. The molecule has 1 aromatic heterocycles. The quantitative estimate of drug-likeness (QED) is 0.837. The van der Waals surface area contributed by atoms with Crippen LogP contribution in [0.4, 0.5) is 13.2 Å². The van der Waals surface area contributed by atoms with Gasteiger partial charge in [-0.2, -0.15) is 15.0 Å². The summed E-state index contributed by atoms with van der Waals surface area (Å²) in [5, 5.41) is 8.40. The highest BCUT2D eigenvalue weighted by Gasteiger charge is 2.44. The summed E-state index contributed by atoms with van der Waals surface area (Å²) in [5.74, 6) is -0.483. The minimum Gasteiger partial charge on any atom is -0.406 e. The van der Waals surface area contributed by atoms with E-state index >= 15 is 0 Å². The molecule has 3 heterocycles. The molecule has 0 saturated carbocycles. The van der Waals surface area contributed by atoms with E-state index in [1.165, 1.54) is 24.3 Å². The highest BCUT2D eigenvalue weighted by atomic mass is 19.4. The Morgan fingerprint density at radius 2 is 1.58 bits per heavy atom. The second-order valence-corrected chi connectivity index (χ2v) is 6.64. The van der Waals surface area contributed by atoms with Crippen molar-refractivity contribution in [1.29, 1.82) is 0 Å². The van der Waals surface area contributed by atoms with Crippen molar-refractivity contribution in [3.05, 3.63) is 42.2 Å². The topological polar surface area (TPSA) is 60.2 Å². The molecule has 6 nitrogen and oxygen atoms in total. The molecular weight excluding hydrogens is 349 g/mol. The summed E-state index contributed by atoms with van der Waals surface area (Å²) in [7, 11) is 0. The lowest BCUT2D eigenvalue weighted by atomic mass is 9.96. The Balaban J connectivity index is 1.47. The molecule has 26 heavy (non-hydrogen) atoms. The van der Waals surface area contributed by atoms with Gasteiger partial charge in [0, 0.05) is 17.6 Å². The van der Waals surface area contributed by atoms with Crippen LogP contribution in [0, 0.1) is 0 Å². The molecule has 2 unspecified atom stereocenters. The number of alkyl halides is 3. The highest BCUT2D eigenvalue weighted by molar-refractivity contribution is 5.95. The van der Waals surface area contributed by atoms with Crippen LogP contribution in [0.1, 0.15) is 42.1 Å². The standard InChI is InChI=1S/C17H17F3N4O2/c18-17(19,20)26-15-5-1-11(2-6-15)16(25)23-12-3-4-13(23)10-14(9-12)24-21-7-8-22-24/h1-2,5-8,12-14H,3-4,9-10H2. The molecule has 138 valence electrons. The Morgan fingerprint density at radius 1 is 1.00 bits per heavy atom. The van der Waals surface area contributed by atoms with E-state index < -0.39 is 6.36 Å². The Bertz CT molecular complexity index is 762. The molecule has 2 saturated heterocycles. The zero-order valence-corrected chi connectivity index (χ0v) is 13.8. The van der Waals surface area contributed by atoms with Crippen LogP contribution in [0.25, 0.3) is 0 Å². The number of halogens is 3. The van der Waals surface area contributed by atoms with E-state index in [0.29, 0.717) is 5.56 Å². The lowest BCUT2D eigenvalue weighted by Crippen LogP contribution is -2.47. The van der Waals surface area contributed by atoms with Gasteiger partial charge in [-0.25, -0.2) is 0 Å². The maximum atomic E-state index is 12.9. The molecule has 0 N–H and O–H groups in total. The average Bonchev–Trinajstić information content (AvgIpc) is 3.20. The van der Waals surface area contributed by atoms with Crippen LogP contribution < -0.4 is 4.74 Å². The summed E-state index contributed by atoms with van der Waals surface area (Å²) in [6.45, 7) is 0. The molecule has 1 amide bonds. The summed E-state index contributed by atoms with van der Waals surface area (Å²) in [6.07, 6.45) is 1.95. The molecule has 0 aliphatic carbocycles. The van der Waals surface area contributed by atoms with Crippen molar-refractivity contribution in [1.82, 2.24) is 19.9 Å². The van der Waals surface area contributed by atoms with Crippen molar-refractivity contribution in [3.63, 3.8) is 0 Å². The smallest absolute Gasteiger partial charge is 0.406 e. The fourth-order valence-corrected chi connectivity index (χ4v) is 4.03. The van der Waals surface area contributed by atoms with E-state index in [-0.39, 0.29) is 29.8 Å². The number of aromatic nitrogens is 3. The van der Waals surface area contributed by atoms with Gasteiger partial charge in [0.05, 0.1) is 18.4 Å². The largest absolute Gasteiger partial charge is 0.573 e. The predicted octanol–water partition coefficient (Wildman–Crippen LogP) is 3.19. The Morgan fingerprint density at radius 3 is 2.12 bits per heavy atom. The minimum absolute atomic E-state index is 0.100. The van der Waals surface area contributed by atoms with Gasteiger partial charge in [0.1, 0.15) is 5.75 Å². The van der Waals surface area contributed by atoms with Gasteiger partial charge in [0.2, 0.25) is 0 Å². The maximum absolute atomic E-state index is 12.9. The number of hydrogen-bond donors (Lipinski definition) is 0. The number of carbonyl (C=O) groups is 1. The number of carbonyl (C=O) groups excluding carboxylic acids is 1. The van der Waals surface area contributed by atoms with Crippen LogP contribution in [-0.2, 0) is 0 Å². The molecular formula is C17H17F3N4O2. The maximum Gasteiger partial charge on any atom is 0.573 e. The van der Waals surface area contributed by atoms with Crippen LogP contribution in [0.2, 0.25) is 0 Å². The number of ether oxygens (including phenoxy) is 1. The summed E-state index contributed by atoms with van der Waals surface area (Å²) in [5.41, 5.74) is 0.368. The number of nitrogens with zero attached hydrogens (tertiary/aromatic N) is 4. The first kappa shape index (κ1) is 16.9. The number of rotatable bonds is 3. The number of fused-ring (bicyclic) bond motifs is 2. The van der Waals surface area contributed by atoms with Crippen LogP contribution in [-0.4, -0.2) is 44.2 Å². The molecule has 2 atom stereocenters. The van der Waals surface area contributed by atoms with Gasteiger partial charge in [-0.3, -0.25) is 4.79 Å². The summed E-state index contributed by atoms with van der Waals surface area (Å²) in [6, 6.07) is 5.47. The van der Waals surface area contributed by atoms with E-state index in [1.807, 2.05) is 4.90 Å². The molecule has 0 spiro atoms. The third kappa shape index (κ3) is 3.25. The molecule has 9 heteroatoms. The van der Waals surface area contributed by atoms with Gasteiger partial charge in [-0.05, 0) is 49.9 Å². The van der Waals surface area contributed by atoms with E-state index in [0.717, 1.165) is 25.7 Å². The van der Waals surface area contributed by atoms with Gasteiger partial charge < -0.3 is 9.64 Å². The predicted molar refractivity (Wildman–Crippen MR) is 84.4 cm³/mol. The lowest BCUT2D eigenvalue weighted by Gasteiger charge is -2.38. The van der Waals surface area contributed by atoms with E-state index in [2.05, 4.69) is 14.9 Å². The number of hydrogen-bond acceptors (Lipinski definition) is 4. The SMILES string of the molecule is O=C(c1ccc(OC(F)(F)F)cc1)N1C2CCC1CC(n1nccn1)C2. The Hall–Kier alpha value is -2.58. The number of piperidine rings is 1. The molecule has 4 rings (SSSR count). The third-order valence-electron chi connectivity index (χ3n) is 5.04. The normalized spacial score (nSPS) is 25.3. The molecule has 2 aliphatic heterocycles. The molecule has 2 fully saturated rings. The van der Waals surface area contributed by atoms with Gasteiger partial charge in [0.15, 0.2) is 0 Å². The monoisotopic (exact) mass is 366 g/mol. The Labute approximate surface area is 147 Å². The van der Waals surface area contributed by atoms with Crippen LogP contribution in [0.5, 0.6) is 5.75 Å². The fourth-order valence-electron chi connectivity index (χ4n) is 4.03. The zero-order chi connectivity index (χ0) is 18.3. The summed E-state index contributed by atoms with van der Waals surface area (Å²) >= 11 is 0. The lowest BCUT2D eigenvalue weighted by molar-refractivity contribution is -0.274. The van der Waals surface area contributed by atoms with Crippen LogP contribution in [0.3, 0.4) is 0 Å². The second kappa shape index (κ2) is 6.30. The number of benzene rings is 1. The van der Waals surface area contributed by atoms with Gasteiger partial charge >= 0.3 is 6.36 Å². The highest BCUT2D eigenvalue weighted by Crippen LogP contribution is 2.41. The molecule has 2 bridgehead atoms. The van der Waals surface area contributed by atoms with Crippen molar-refractivity contribution in [2.45, 2.75) is 50.2 Å². The van der Waals surface area contributed by atoms with Crippen molar-refractivity contribution < 1.29 is 22.7 Å². The first-order chi connectivity index (χ1) is 12.4. The van der Waals surface area contributed by atoms with Crippen LogP contribution in [0.15, 0.2) is 36.7 Å². The summed E-state index contributed by atoms with van der Waals surface area (Å²) in [4.78, 5) is 16.5. The van der Waals surface area contributed by atoms with Crippen molar-refractivity contribution in [3.8, 4) is 5.75 Å². The summed E-state index contributed by atoms with van der Waals surface area (Å²) < 4.78 is 40.6. The van der Waals surface area contributed by atoms with Gasteiger partial charge in [-0.1, -0.05) is 0 Å². The first-order valence-corrected chi connectivity index (χ1v) is 8.45. The fraction of sp³-hybridized carbons (Fsp3) is 0.471. The molecule has 0 radical (unpaired) electrons. The van der Waals surface area contributed by atoms with Crippen LogP contribution >= 0.6 is 0 Å². The zero-order valence-electron chi connectivity index (χ0n) is 13.8. The van der Waals surface area contributed by atoms with Gasteiger partial charge in [0.25, 0.3) is 5.91 Å². The average molecular weight is 366 g/mol. The molecule has 2 aliphatic rings. The van der Waals surface area contributed by atoms with E-state index in [1.54, 1.807) is 17.2 Å². The van der Waals surface area contributed by atoms with E-state index in [9.17, 15) is 18.0 Å². The van der Waals surface area contributed by atoms with Crippen molar-refractivity contribution >= 4 is 5.91 Å². The van der Waals surface area contributed by atoms with Gasteiger partial charge in [-0.15, -0.1) is 13.2 Å². The van der Waals surface area contributed by atoms with Crippen molar-refractivity contribution in [2.24, 2.45) is 0 Å². The van der Waals surface area contributed by atoms with E-state index in [4.69, 9.17) is 0 Å². The molecule has 1 aromatic carbocycles. The first-order valence-electron chi connectivity index (χ1n) is 8.45. The second-order valence-electron chi connectivity index (χ2n) is 6.64. The van der Waals surface area contributed by atoms with Crippen molar-refractivity contribution in [2.75, 3.05) is 0 Å².